The summed E-state index contributed by atoms with van der Waals surface area (Å²) < 4.78 is 47.3. The van der Waals surface area contributed by atoms with Gasteiger partial charge < -0.3 is 14.1 Å². The van der Waals surface area contributed by atoms with Crippen molar-refractivity contribution in [1.29, 1.82) is 0 Å². The summed E-state index contributed by atoms with van der Waals surface area (Å²) in [6, 6.07) is 6.49. The average Bonchev–Trinajstić information content (AvgIpc) is 3.13. The fourth-order valence-electron chi connectivity index (χ4n) is 3.47. The number of alkyl halides is 3. The topological polar surface area (TPSA) is 72.6 Å². The van der Waals surface area contributed by atoms with E-state index in [1.165, 1.54) is 12.3 Å². The summed E-state index contributed by atoms with van der Waals surface area (Å²) in [7, 11) is 0. The number of rotatable bonds is 4. The van der Waals surface area contributed by atoms with Gasteiger partial charge in [0.25, 0.3) is 5.91 Å². The molecule has 1 aromatic carbocycles. The third kappa shape index (κ3) is 3.87. The molecule has 30 heavy (non-hydrogen) atoms. The van der Waals surface area contributed by atoms with Gasteiger partial charge in [0.2, 0.25) is 0 Å². The first-order chi connectivity index (χ1) is 14.2. The first kappa shape index (κ1) is 19.9. The number of ether oxygens (including phenoxy) is 1. The van der Waals surface area contributed by atoms with E-state index in [0.29, 0.717) is 29.7 Å². The minimum atomic E-state index is -4.62. The molecule has 0 spiro atoms. The van der Waals surface area contributed by atoms with Crippen molar-refractivity contribution >= 4 is 22.8 Å². The number of nitrogens with zero attached hydrogens (tertiary/aromatic N) is 2. The zero-order valence-corrected chi connectivity index (χ0v) is 16.0. The average molecular weight is 418 g/mol. The first-order valence-corrected chi connectivity index (χ1v) is 9.21. The molecule has 0 saturated carbocycles. The highest BCUT2D eigenvalue weighted by Gasteiger charge is 2.31. The summed E-state index contributed by atoms with van der Waals surface area (Å²) >= 11 is 0. The number of aryl methyl sites for hydroxylation is 1. The number of hydrogen-bond donors (Lipinski definition) is 0. The molecule has 0 bridgehead atoms. The Morgan fingerprint density at radius 3 is 2.87 bits per heavy atom. The van der Waals surface area contributed by atoms with Gasteiger partial charge in [0.05, 0.1) is 12.1 Å². The number of carbonyl (C=O) groups is 2. The molecule has 0 aliphatic carbocycles. The maximum Gasteiger partial charge on any atom is 0.422 e. The number of carbonyl (C=O) groups excluding carboxylic acids is 2. The van der Waals surface area contributed by atoms with Gasteiger partial charge in [-0.05, 0) is 42.7 Å². The number of amides is 1. The highest BCUT2D eigenvalue weighted by molar-refractivity contribution is 6.03. The van der Waals surface area contributed by atoms with E-state index in [2.05, 4.69) is 9.72 Å². The molecule has 4 rings (SSSR count). The van der Waals surface area contributed by atoms with Gasteiger partial charge in [-0.15, -0.1) is 0 Å². The number of hydrogen-bond acceptors (Lipinski definition) is 5. The van der Waals surface area contributed by atoms with Gasteiger partial charge in [-0.1, -0.05) is 6.07 Å². The van der Waals surface area contributed by atoms with E-state index < -0.39 is 18.8 Å². The lowest BCUT2D eigenvalue weighted by Crippen LogP contribution is -2.37. The summed E-state index contributed by atoms with van der Waals surface area (Å²) in [5.41, 5.74) is 2.30. The Bertz CT molecular complexity index is 1140. The Labute approximate surface area is 169 Å². The van der Waals surface area contributed by atoms with Crippen molar-refractivity contribution in [2.75, 3.05) is 13.2 Å². The van der Waals surface area contributed by atoms with Crippen LogP contribution in [-0.2, 0) is 17.7 Å². The maximum absolute atomic E-state index is 12.7. The molecule has 1 aliphatic rings. The Hall–Kier alpha value is -3.36. The van der Waals surface area contributed by atoms with Crippen LogP contribution in [0.3, 0.4) is 0 Å². The lowest BCUT2D eigenvalue weighted by Gasteiger charge is -2.27. The smallest absolute Gasteiger partial charge is 0.422 e. The molecular formula is C21H17F3N2O4. The quantitative estimate of drug-likeness (QED) is 0.598. The van der Waals surface area contributed by atoms with Gasteiger partial charge in [0, 0.05) is 24.3 Å². The molecule has 9 heteroatoms. The normalized spacial score (nSPS) is 14.1. The van der Waals surface area contributed by atoms with Crippen LogP contribution >= 0.6 is 0 Å². The molecule has 0 radical (unpaired) electrons. The van der Waals surface area contributed by atoms with Crippen LogP contribution in [0.2, 0.25) is 0 Å². The predicted molar refractivity (Wildman–Crippen MR) is 100.0 cm³/mol. The Balaban J connectivity index is 1.60. The Kier molecular flexibility index (Phi) is 4.97. The van der Waals surface area contributed by atoms with Crippen LogP contribution in [0.25, 0.3) is 11.0 Å². The van der Waals surface area contributed by atoms with Crippen LogP contribution in [0, 0.1) is 6.92 Å². The van der Waals surface area contributed by atoms with Gasteiger partial charge >= 0.3 is 12.1 Å². The maximum atomic E-state index is 12.7. The van der Waals surface area contributed by atoms with E-state index in [4.69, 9.17) is 4.42 Å². The van der Waals surface area contributed by atoms with E-state index in [1.807, 2.05) is 6.07 Å². The molecule has 0 unspecified atom stereocenters. The number of pyridine rings is 1. The van der Waals surface area contributed by atoms with Crippen molar-refractivity contribution in [2.45, 2.75) is 26.1 Å². The molecular weight excluding hydrogens is 401 g/mol. The van der Waals surface area contributed by atoms with Gasteiger partial charge in [-0.3, -0.25) is 9.78 Å². The molecule has 156 valence electrons. The van der Waals surface area contributed by atoms with Crippen LogP contribution in [0.5, 0.6) is 0 Å². The number of esters is 1. The Morgan fingerprint density at radius 2 is 2.10 bits per heavy atom. The van der Waals surface area contributed by atoms with Crippen molar-refractivity contribution in [1.82, 2.24) is 9.88 Å². The molecule has 3 heterocycles. The second kappa shape index (κ2) is 7.47. The van der Waals surface area contributed by atoms with Crippen molar-refractivity contribution in [3.63, 3.8) is 0 Å². The SMILES string of the molecule is Cc1ccc(C(=O)OCC(F)(F)F)c2oc(CN3CCc4ccncc4C3=O)cc12. The van der Waals surface area contributed by atoms with E-state index in [-0.39, 0.29) is 23.6 Å². The van der Waals surface area contributed by atoms with Crippen LogP contribution in [0.4, 0.5) is 13.2 Å². The zero-order valence-electron chi connectivity index (χ0n) is 16.0. The van der Waals surface area contributed by atoms with Crippen LogP contribution < -0.4 is 0 Å². The van der Waals surface area contributed by atoms with Crippen LogP contribution in [0.1, 0.15) is 37.6 Å². The standard InChI is InChI=1S/C21H17F3N2O4/c1-12-2-3-15(20(28)29-11-21(22,23)24)18-16(12)8-14(30-18)10-26-7-5-13-4-6-25-9-17(13)19(26)27/h2-4,6,8-9H,5,7,10-11H2,1H3. The second-order valence-corrected chi connectivity index (χ2v) is 7.09. The zero-order chi connectivity index (χ0) is 21.5. The van der Waals surface area contributed by atoms with Gasteiger partial charge in [0.1, 0.15) is 16.9 Å². The number of furan rings is 1. The number of aromatic nitrogens is 1. The minimum Gasteiger partial charge on any atom is -0.458 e. The monoisotopic (exact) mass is 418 g/mol. The highest BCUT2D eigenvalue weighted by Crippen LogP contribution is 2.29. The number of halogens is 3. The number of fused-ring (bicyclic) bond motifs is 2. The minimum absolute atomic E-state index is 0.0920. The summed E-state index contributed by atoms with van der Waals surface area (Å²) in [6.07, 6.45) is -0.768. The third-order valence-corrected chi connectivity index (χ3v) is 4.97. The Morgan fingerprint density at radius 1 is 1.30 bits per heavy atom. The van der Waals surface area contributed by atoms with Crippen LogP contribution in [-0.4, -0.2) is 41.1 Å². The molecule has 0 fully saturated rings. The molecule has 1 amide bonds. The van der Waals surface area contributed by atoms with Crippen molar-refractivity contribution in [3.05, 3.63) is 64.7 Å². The largest absolute Gasteiger partial charge is 0.458 e. The number of benzene rings is 1. The predicted octanol–water partition coefficient (Wildman–Crippen LogP) is 4.05. The third-order valence-electron chi connectivity index (χ3n) is 4.97. The second-order valence-electron chi connectivity index (χ2n) is 7.09. The van der Waals surface area contributed by atoms with Gasteiger partial charge in [-0.2, -0.15) is 13.2 Å². The molecule has 1 aliphatic heterocycles. The summed E-state index contributed by atoms with van der Waals surface area (Å²) in [5.74, 6) is -0.872. The van der Waals surface area contributed by atoms with Crippen molar-refractivity contribution in [2.24, 2.45) is 0 Å². The summed E-state index contributed by atoms with van der Waals surface area (Å²) in [6.45, 7) is 0.773. The van der Waals surface area contributed by atoms with Crippen molar-refractivity contribution in [3.8, 4) is 0 Å². The van der Waals surface area contributed by atoms with E-state index >= 15 is 0 Å². The van der Waals surface area contributed by atoms with Crippen LogP contribution in [0.15, 0.2) is 41.1 Å². The molecule has 0 N–H and O–H groups in total. The molecule has 6 nitrogen and oxygen atoms in total. The molecule has 0 saturated heterocycles. The van der Waals surface area contributed by atoms with Crippen molar-refractivity contribution < 1.29 is 31.9 Å². The highest BCUT2D eigenvalue weighted by atomic mass is 19.4. The fourth-order valence-corrected chi connectivity index (χ4v) is 3.47. The lowest BCUT2D eigenvalue weighted by atomic mass is 10.0. The first-order valence-electron chi connectivity index (χ1n) is 9.21. The molecule has 2 aromatic heterocycles. The molecule has 0 atom stereocenters. The van der Waals surface area contributed by atoms with E-state index in [0.717, 1.165) is 11.1 Å². The van der Waals surface area contributed by atoms with E-state index in [1.54, 1.807) is 30.2 Å². The van der Waals surface area contributed by atoms with Gasteiger partial charge in [0.15, 0.2) is 6.61 Å². The summed E-state index contributed by atoms with van der Waals surface area (Å²) in [4.78, 5) is 30.5. The van der Waals surface area contributed by atoms with E-state index in [9.17, 15) is 22.8 Å². The van der Waals surface area contributed by atoms with Gasteiger partial charge in [-0.25, -0.2) is 4.79 Å². The summed E-state index contributed by atoms with van der Waals surface area (Å²) in [5, 5.41) is 0.581. The molecule has 3 aromatic rings. The lowest BCUT2D eigenvalue weighted by molar-refractivity contribution is -0.161. The fraction of sp³-hybridized carbons (Fsp3) is 0.286.